The fourth-order valence-corrected chi connectivity index (χ4v) is 0.937. The summed E-state index contributed by atoms with van der Waals surface area (Å²) in [6, 6.07) is 3.57. The molecule has 1 aromatic heterocycles. The predicted octanol–water partition coefficient (Wildman–Crippen LogP) is -0.671. The minimum absolute atomic E-state index is 0.130. The van der Waals surface area contributed by atoms with E-state index in [2.05, 4.69) is 4.98 Å². The summed E-state index contributed by atoms with van der Waals surface area (Å²) >= 11 is 0. The van der Waals surface area contributed by atoms with Crippen molar-refractivity contribution in [1.29, 1.82) is 0 Å². The number of aromatic amines is 1. The SMILES string of the molecule is N[C@H](Cc1cccc(=O)[nH]1)C(=O)O. The van der Waals surface area contributed by atoms with E-state index >= 15 is 0 Å². The van der Waals surface area contributed by atoms with Gasteiger partial charge in [0.2, 0.25) is 5.56 Å². The van der Waals surface area contributed by atoms with Gasteiger partial charge < -0.3 is 15.8 Å². The Morgan fingerprint density at radius 3 is 2.85 bits per heavy atom. The third-order valence-corrected chi connectivity index (χ3v) is 1.59. The van der Waals surface area contributed by atoms with Crippen molar-refractivity contribution in [2.24, 2.45) is 5.73 Å². The van der Waals surface area contributed by atoms with Crippen LogP contribution in [-0.2, 0) is 11.2 Å². The number of carbonyl (C=O) groups is 1. The Hall–Kier alpha value is -1.62. The van der Waals surface area contributed by atoms with Crippen LogP contribution in [0.5, 0.6) is 0 Å². The second-order valence-electron chi connectivity index (χ2n) is 2.69. The highest BCUT2D eigenvalue weighted by atomic mass is 16.4. The number of rotatable bonds is 3. The van der Waals surface area contributed by atoms with Crippen LogP contribution in [0.4, 0.5) is 0 Å². The summed E-state index contributed by atoms with van der Waals surface area (Å²) in [6.45, 7) is 0. The molecule has 70 valence electrons. The van der Waals surface area contributed by atoms with E-state index in [1.165, 1.54) is 6.07 Å². The highest BCUT2D eigenvalue weighted by Crippen LogP contribution is 1.95. The van der Waals surface area contributed by atoms with Gasteiger partial charge >= 0.3 is 5.97 Å². The molecule has 0 saturated carbocycles. The van der Waals surface area contributed by atoms with Crippen LogP contribution >= 0.6 is 0 Å². The van der Waals surface area contributed by atoms with E-state index in [0.717, 1.165) is 0 Å². The van der Waals surface area contributed by atoms with Crippen molar-refractivity contribution in [2.45, 2.75) is 12.5 Å². The largest absolute Gasteiger partial charge is 0.480 e. The van der Waals surface area contributed by atoms with Crippen LogP contribution < -0.4 is 11.3 Å². The van der Waals surface area contributed by atoms with Gasteiger partial charge in [-0.3, -0.25) is 9.59 Å². The Kier molecular flexibility index (Phi) is 2.81. The maximum atomic E-state index is 10.8. The summed E-state index contributed by atoms with van der Waals surface area (Å²) in [5.41, 5.74) is 5.55. The van der Waals surface area contributed by atoms with E-state index in [4.69, 9.17) is 10.8 Å². The summed E-state index contributed by atoms with van der Waals surface area (Å²) in [7, 11) is 0. The van der Waals surface area contributed by atoms with E-state index in [9.17, 15) is 9.59 Å². The highest BCUT2D eigenvalue weighted by molar-refractivity contribution is 5.73. The molecule has 0 spiro atoms. The van der Waals surface area contributed by atoms with Crippen LogP contribution in [-0.4, -0.2) is 22.1 Å². The molecule has 0 aromatic carbocycles. The summed E-state index contributed by atoms with van der Waals surface area (Å²) in [4.78, 5) is 23.7. The number of aliphatic carboxylic acids is 1. The Morgan fingerprint density at radius 1 is 1.62 bits per heavy atom. The quantitative estimate of drug-likeness (QED) is 0.577. The van der Waals surface area contributed by atoms with Gasteiger partial charge in [0.15, 0.2) is 0 Å². The van der Waals surface area contributed by atoms with Gasteiger partial charge in [0.05, 0.1) is 0 Å². The van der Waals surface area contributed by atoms with Crippen molar-refractivity contribution >= 4 is 5.97 Å². The van der Waals surface area contributed by atoms with Crippen LogP contribution in [0.1, 0.15) is 5.69 Å². The van der Waals surface area contributed by atoms with Crippen LogP contribution in [0.25, 0.3) is 0 Å². The van der Waals surface area contributed by atoms with Crippen LogP contribution in [0, 0.1) is 0 Å². The third kappa shape index (κ3) is 2.72. The molecular formula is C8H10N2O3. The molecule has 0 radical (unpaired) electrons. The lowest BCUT2D eigenvalue weighted by molar-refractivity contribution is -0.138. The molecule has 0 fully saturated rings. The molecule has 0 bridgehead atoms. The molecule has 0 aliphatic rings. The molecule has 1 heterocycles. The number of carboxylic acid groups (broad SMARTS) is 1. The second kappa shape index (κ2) is 3.86. The van der Waals surface area contributed by atoms with Gasteiger partial charge in [-0.15, -0.1) is 0 Å². The number of aromatic nitrogens is 1. The maximum Gasteiger partial charge on any atom is 0.320 e. The van der Waals surface area contributed by atoms with Crippen molar-refractivity contribution in [2.75, 3.05) is 0 Å². The van der Waals surface area contributed by atoms with Crippen LogP contribution in [0.3, 0.4) is 0 Å². The minimum atomic E-state index is -1.08. The lowest BCUT2D eigenvalue weighted by atomic mass is 10.1. The number of pyridine rings is 1. The van der Waals surface area contributed by atoms with E-state index in [1.807, 2.05) is 0 Å². The zero-order valence-electron chi connectivity index (χ0n) is 6.86. The van der Waals surface area contributed by atoms with Crippen molar-refractivity contribution < 1.29 is 9.90 Å². The van der Waals surface area contributed by atoms with E-state index in [1.54, 1.807) is 12.1 Å². The number of nitrogens with two attached hydrogens (primary N) is 1. The third-order valence-electron chi connectivity index (χ3n) is 1.59. The number of carboxylic acids is 1. The number of nitrogens with one attached hydrogen (secondary N) is 1. The summed E-state index contributed by atoms with van der Waals surface area (Å²) in [6.07, 6.45) is 0.130. The molecule has 5 heteroatoms. The van der Waals surface area contributed by atoms with Gasteiger partial charge in [-0.1, -0.05) is 6.07 Å². The zero-order valence-corrected chi connectivity index (χ0v) is 6.86. The van der Waals surface area contributed by atoms with Gasteiger partial charge in [0, 0.05) is 18.2 Å². The molecule has 0 amide bonds. The highest BCUT2D eigenvalue weighted by Gasteiger charge is 2.11. The number of hydrogen-bond donors (Lipinski definition) is 3. The fraction of sp³-hybridized carbons (Fsp3) is 0.250. The van der Waals surface area contributed by atoms with Crippen molar-refractivity contribution in [1.82, 2.24) is 4.98 Å². The molecule has 1 aromatic rings. The fourth-order valence-electron chi connectivity index (χ4n) is 0.937. The van der Waals surface area contributed by atoms with E-state index in [0.29, 0.717) is 5.69 Å². The molecule has 0 aliphatic carbocycles. The molecule has 0 saturated heterocycles. The Balaban J connectivity index is 2.75. The Bertz CT molecular complexity index is 358. The monoisotopic (exact) mass is 182 g/mol. The Morgan fingerprint density at radius 2 is 2.31 bits per heavy atom. The topological polar surface area (TPSA) is 96.2 Å². The summed E-state index contributed by atoms with van der Waals surface area (Å²) in [5, 5.41) is 8.50. The standard InChI is InChI=1S/C8H10N2O3/c9-6(8(12)13)4-5-2-1-3-7(11)10-5/h1-3,6H,4,9H2,(H,10,11)(H,12,13)/t6-/m1/s1. The van der Waals surface area contributed by atoms with Gasteiger partial charge in [-0.25, -0.2) is 0 Å². The smallest absolute Gasteiger partial charge is 0.320 e. The predicted molar refractivity (Wildman–Crippen MR) is 46.4 cm³/mol. The molecule has 1 rings (SSSR count). The van der Waals surface area contributed by atoms with Crippen molar-refractivity contribution in [3.05, 3.63) is 34.2 Å². The summed E-state index contributed by atoms with van der Waals surface area (Å²) in [5.74, 6) is -1.08. The van der Waals surface area contributed by atoms with Gasteiger partial charge in [-0.05, 0) is 6.07 Å². The van der Waals surface area contributed by atoms with E-state index in [-0.39, 0.29) is 12.0 Å². The number of hydrogen-bond acceptors (Lipinski definition) is 3. The van der Waals surface area contributed by atoms with E-state index < -0.39 is 12.0 Å². The average Bonchev–Trinajstić information content (AvgIpc) is 2.04. The normalized spacial score (nSPS) is 12.4. The molecule has 4 N–H and O–H groups in total. The van der Waals surface area contributed by atoms with Crippen LogP contribution in [0.2, 0.25) is 0 Å². The van der Waals surface area contributed by atoms with Crippen molar-refractivity contribution in [3.8, 4) is 0 Å². The Labute approximate surface area is 74.2 Å². The molecule has 0 unspecified atom stereocenters. The van der Waals surface area contributed by atoms with Crippen molar-refractivity contribution in [3.63, 3.8) is 0 Å². The first-order valence-electron chi connectivity index (χ1n) is 3.76. The molecule has 13 heavy (non-hydrogen) atoms. The molecule has 1 atom stereocenters. The first kappa shape index (κ1) is 9.47. The van der Waals surface area contributed by atoms with Gasteiger partial charge in [-0.2, -0.15) is 0 Å². The molecular weight excluding hydrogens is 172 g/mol. The lowest BCUT2D eigenvalue weighted by Gasteiger charge is -2.04. The average molecular weight is 182 g/mol. The van der Waals surface area contributed by atoms with Gasteiger partial charge in [0.1, 0.15) is 6.04 Å². The minimum Gasteiger partial charge on any atom is -0.480 e. The lowest BCUT2D eigenvalue weighted by Crippen LogP contribution is -2.33. The second-order valence-corrected chi connectivity index (χ2v) is 2.69. The zero-order chi connectivity index (χ0) is 9.84. The first-order valence-corrected chi connectivity index (χ1v) is 3.76. The summed E-state index contributed by atoms with van der Waals surface area (Å²) < 4.78 is 0. The number of H-pyrrole nitrogens is 1. The van der Waals surface area contributed by atoms with Crippen LogP contribution in [0.15, 0.2) is 23.0 Å². The van der Waals surface area contributed by atoms with Gasteiger partial charge in [0.25, 0.3) is 0 Å². The first-order chi connectivity index (χ1) is 6.09. The molecule has 5 nitrogen and oxygen atoms in total. The molecule has 0 aliphatic heterocycles. The maximum absolute atomic E-state index is 10.8.